The molecule has 8 heteroatoms. The molecule has 0 radical (unpaired) electrons. The molecule has 3 aromatic rings. The number of aryl methyl sites for hydroxylation is 1. The first-order chi connectivity index (χ1) is 14.8. The summed E-state index contributed by atoms with van der Waals surface area (Å²) in [4.78, 5) is 4.59. The number of aromatic nitrogens is 2. The van der Waals surface area contributed by atoms with Crippen molar-refractivity contribution >= 4 is 16.1 Å². The molecule has 0 saturated carbocycles. The Morgan fingerprint density at radius 1 is 1.19 bits per heavy atom. The van der Waals surface area contributed by atoms with Gasteiger partial charge in [-0.2, -0.15) is 4.31 Å². The second-order valence-corrected chi connectivity index (χ2v) is 9.50. The van der Waals surface area contributed by atoms with Crippen molar-refractivity contribution in [1.29, 1.82) is 0 Å². The van der Waals surface area contributed by atoms with Gasteiger partial charge >= 0.3 is 0 Å². The quantitative estimate of drug-likeness (QED) is 0.586. The maximum absolute atomic E-state index is 13.2. The molecule has 1 fully saturated rings. The van der Waals surface area contributed by atoms with E-state index in [4.69, 9.17) is 4.74 Å². The van der Waals surface area contributed by atoms with Crippen LogP contribution in [0, 0.1) is 12.7 Å². The molecule has 1 aliphatic rings. The highest BCUT2D eigenvalue weighted by atomic mass is 32.2. The van der Waals surface area contributed by atoms with Crippen LogP contribution in [0.3, 0.4) is 0 Å². The van der Waals surface area contributed by atoms with Crippen LogP contribution in [0.1, 0.15) is 36.2 Å². The van der Waals surface area contributed by atoms with E-state index in [1.165, 1.54) is 16.4 Å². The number of halogens is 1. The van der Waals surface area contributed by atoms with Crippen molar-refractivity contribution < 1.29 is 17.5 Å². The number of hydrogen-bond acceptors (Lipinski definition) is 4. The molecule has 31 heavy (non-hydrogen) atoms. The van der Waals surface area contributed by atoms with E-state index in [1.54, 1.807) is 31.6 Å². The maximum Gasteiger partial charge on any atom is 0.239 e. The van der Waals surface area contributed by atoms with Crippen LogP contribution in [0.2, 0.25) is 0 Å². The first-order valence-corrected chi connectivity index (χ1v) is 11.4. The van der Waals surface area contributed by atoms with Gasteiger partial charge in [-0.1, -0.05) is 18.2 Å². The van der Waals surface area contributed by atoms with Crippen molar-refractivity contribution in [2.75, 3.05) is 13.7 Å². The van der Waals surface area contributed by atoms with Crippen LogP contribution in [0.25, 0.3) is 11.8 Å². The Morgan fingerprint density at radius 2 is 1.94 bits per heavy atom. The Balaban J connectivity index is 1.62. The fourth-order valence-corrected chi connectivity index (χ4v) is 5.62. The van der Waals surface area contributed by atoms with Crippen molar-refractivity contribution in [2.24, 2.45) is 0 Å². The lowest BCUT2D eigenvalue weighted by molar-refractivity contribution is 0.368. The Hall–Kier alpha value is -2.97. The van der Waals surface area contributed by atoms with Gasteiger partial charge in [0.05, 0.1) is 29.7 Å². The van der Waals surface area contributed by atoms with E-state index in [2.05, 4.69) is 4.98 Å². The maximum atomic E-state index is 13.2. The van der Waals surface area contributed by atoms with Gasteiger partial charge in [0.15, 0.2) is 0 Å². The van der Waals surface area contributed by atoms with Crippen LogP contribution < -0.4 is 4.74 Å². The highest BCUT2D eigenvalue weighted by molar-refractivity contribution is 7.93. The monoisotopic (exact) mass is 441 g/mol. The predicted molar refractivity (Wildman–Crippen MR) is 118 cm³/mol. The van der Waals surface area contributed by atoms with Crippen molar-refractivity contribution in [3.63, 3.8) is 0 Å². The van der Waals surface area contributed by atoms with Crippen molar-refractivity contribution in [3.8, 4) is 11.4 Å². The Labute approximate surface area is 181 Å². The number of hydrogen-bond donors (Lipinski definition) is 0. The van der Waals surface area contributed by atoms with Gasteiger partial charge in [0.2, 0.25) is 10.0 Å². The highest BCUT2D eigenvalue weighted by Crippen LogP contribution is 2.36. The molecular weight excluding hydrogens is 417 g/mol. The molecule has 1 saturated heterocycles. The van der Waals surface area contributed by atoms with Crippen LogP contribution >= 0.6 is 0 Å². The molecule has 0 aliphatic carbocycles. The zero-order chi connectivity index (χ0) is 22.2. The second-order valence-electron chi connectivity index (χ2n) is 7.56. The van der Waals surface area contributed by atoms with E-state index in [0.717, 1.165) is 22.5 Å². The summed E-state index contributed by atoms with van der Waals surface area (Å²) in [5.41, 5.74) is 3.21. The molecule has 0 amide bonds. The number of sulfonamides is 1. The van der Waals surface area contributed by atoms with Gasteiger partial charge in [-0.3, -0.25) is 0 Å². The van der Waals surface area contributed by atoms with Crippen molar-refractivity contribution in [1.82, 2.24) is 13.9 Å². The second kappa shape index (κ2) is 8.28. The van der Waals surface area contributed by atoms with E-state index in [-0.39, 0.29) is 11.9 Å². The van der Waals surface area contributed by atoms with Gasteiger partial charge < -0.3 is 9.30 Å². The lowest BCUT2D eigenvalue weighted by Gasteiger charge is -2.23. The van der Waals surface area contributed by atoms with Crippen LogP contribution in [0.4, 0.5) is 4.39 Å². The zero-order valence-electron chi connectivity index (χ0n) is 17.6. The summed E-state index contributed by atoms with van der Waals surface area (Å²) in [6.45, 7) is 4.11. The topological polar surface area (TPSA) is 64.4 Å². The molecule has 1 aromatic heterocycles. The fraction of sp³-hybridized carbons (Fsp3) is 0.261. The predicted octanol–water partition coefficient (Wildman–Crippen LogP) is 4.47. The number of nitrogens with zero attached hydrogens (tertiary/aromatic N) is 3. The molecule has 4 rings (SSSR count). The Morgan fingerprint density at radius 3 is 2.58 bits per heavy atom. The van der Waals surface area contributed by atoms with Gasteiger partial charge in [0, 0.05) is 18.8 Å². The lowest BCUT2D eigenvalue weighted by Crippen LogP contribution is -2.28. The van der Waals surface area contributed by atoms with Gasteiger partial charge in [-0.15, -0.1) is 0 Å². The third-order valence-electron chi connectivity index (χ3n) is 5.52. The third-order valence-corrected chi connectivity index (χ3v) is 7.63. The number of benzene rings is 2. The largest absolute Gasteiger partial charge is 0.495 e. The van der Waals surface area contributed by atoms with Gasteiger partial charge in [-0.05, 0) is 61.7 Å². The van der Waals surface area contributed by atoms with Gasteiger partial charge in [0.25, 0.3) is 0 Å². The van der Waals surface area contributed by atoms with Crippen molar-refractivity contribution in [2.45, 2.75) is 26.3 Å². The Kier molecular flexibility index (Phi) is 5.68. The molecule has 1 aliphatic heterocycles. The standard InChI is InChI=1S/C23H24FN3O3S/c1-16-14-26(15-25-16)22-9-4-18(13-23(22)30-3)12-21-10-11-27(31(21,28)29)17(2)19-5-7-20(24)8-6-19/h4-9,12-15,17H,10-11H2,1-3H3/b21-12-. The molecule has 1 unspecified atom stereocenters. The third kappa shape index (κ3) is 4.13. The highest BCUT2D eigenvalue weighted by Gasteiger charge is 2.37. The van der Waals surface area contributed by atoms with Crippen LogP contribution in [-0.2, 0) is 10.0 Å². The molecule has 0 bridgehead atoms. The van der Waals surface area contributed by atoms with E-state index in [0.29, 0.717) is 23.6 Å². The normalized spacial score (nSPS) is 18.4. The average Bonchev–Trinajstić information content (AvgIpc) is 3.30. The van der Waals surface area contributed by atoms with E-state index >= 15 is 0 Å². The van der Waals surface area contributed by atoms with Crippen molar-refractivity contribution in [3.05, 3.63) is 82.5 Å². The van der Waals surface area contributed by atoms with Crippen LogP contribution in [0.5, 0.6) is 5.75 Å². The summed E-state index contributed by atoms with van der Waals surface area (Å²) in [6, 6.07) is 11.1. The molecule has 0 spiro atoms. The minimum Gasteiger partial charge on any atom is -0.495 e. The number of imidazole rings is 1. The summed E-state index contributed by atoms with van der Waals surface area (Å²) >= 11 is 0. The first kappa shape index (κ1) is 21.3. The smallest absolute Gasteiger partial charge is 0.239 e. The lowest BCUT2D eigenvalue weighted by atomic mass is 10.1. The molecule has 1 atom stereocenters. The number of methoxy groups -OCH3 is 1. The van der Waals surface area contributed by atoms with Gasteiger partial charge in [0.1, 0.15) is 11.6 Å². The SMILES string of the molecule is COc1cc(/C=C2/CCN(C(C)c3ccc(F)cc3)S2(=O)=O)ccc1-n1cnc(C)c1. The summed E-state index contributed by atoms with van der Waals surface area (Å²) in [7, 11) is -2.04. The molecule has 6 nitrogen and oxygen atoms in total. The van der Waals surface area contributed by atoms with Gasteiger partial charge in [-0.25, -0.2) is 17.8 Å². The van der Waals surface area contributed by atoms with E-state index in [9.17, 15) is 12.8 Å². The minimum atomic E-state index is -3.62. The molecule has 162 valence electrons. The molecule has 2 heterocycles. The molecular formula is C23H24FN3O3S. The van der Waals surface area contributed by atoms with Crippen LogP contribution in [0.15, 0.2) is 59.9 Å². The molecule has 2 aromatic carbocycles. The summed E-state index contributed by atoms with van der Waals surface area (Å²) in [5.74, 6) is 0.280. The number of ether oxygens (including phenoxy) is 1. The zero-order valence-corrected chi connectivity index (χ0v) is 18.4. The van der Waals surface area contributed by atoms with Crippen LogP contribution in [-0.4, -0.2) is 35.9 Å². The molecule has 0 N–H and O–H groups in total. The number of rotatable bonds is 5. The Bertz CT molecular complexity index is 1230. The summed E-state index contributed by atoms with van der Waals surface area (Å²) in [6.07, 6.45) is 5.71. The summed E-state index contributed by atoms with van der Waals surface area (Å²) < 4.78 is 48.4. The minimum absolute atomic E-state index is 0.343. The average molecular weight is 442 g/mol. The summed E-state index contributed by atoms with van der Waals surface area (Å²) in [5, 5.41) is 0. The fourth-order valence-electron chi connectivity index (χ4n) is 3.81. The first-order valence-electron chi connectivity index (χ1n) is 9.96. The van der Waals surface area contributed by atoms with E-state index in [1.807, 2.05) is 42.8 Å². The van der Waals surface area contributed by atoms with E-state index < -0.39 is 10.0 Å².